The molecule has 1 aromatic heterocycles. The predicted molar refractivity (Wildman–Crippen MR) is 104 cm³/mol. The van der Waals surface area contributed by atoms with E-state index in [-0.39, 0.29) is 28.0 Å². The van der Waals surface area contributed by atoms with Crippen molar-refractivity contribution in [3.8, 4) is 0 Å². The van der Waals surface area contributed by atoms with Gasteiger partial charge in [0.1, 0.15) is 4.88 Å². The molecule has 0 bridgehead atoms. The van der Waals surface area contributed by atoms with Crippen molar-refractivity contribution in [3.63, 3.8) is 0 Å². The number of aromatic nitrogens is 1. The minimum Gasteiger partial charge on any atom is -0.347 e. The monoisotopic (exact) mass is 419 g/mol. The third-order valence-electron chi connectivity index (χ3n) is 4.02. The molecular weight excluding hydrogens is 403 g/mol. The van der Waals surface area contributed by atoms with E-state index in [1.165, 1.54) is 18.2 Å². The molecule has 0 saturated heterocycles. The van der Waals surface area contributed by atoms with Crippen LogP contribution in [0.5, 0.6) is 0 Å². The van der Waals surface area contributed by atoms with Crippen LogP contribution in [0.1, 0.15) is 36.9 Å². The highest BCUT2D eigenvalue weighted by atomic mass is 32.1. The van der Waals surface area contributed by atoms with Crippen LogP contribution in [0.25, 0.3) is 0 Å². The molecule has 0 aliphatic heterocycles. The minimum atomic E-state index is -4.50. The van der Waals surface area contributed by atoms with Crippen molar-refractivity contribution in [1.29, 1.82) is 0 Å². The van der Waals surface area contributed by atoms with Gasteiger partial charge in [-0.3, -0.25) is 14.9 Å². The first-order valence-electron chi connectivity index (χ1n) is 8.53. The van der Waals surface area contributed by atoms with E-state index in [1.54, 1.807) is 37.3 Å². The zero-order chi connectivity index (χ0) is 21.0. The molecule has 0 aliphatic rings. The maximum atomic E-state index is 13.1. The Kier molecular flexibility index (Phi) is 5.97. The Morgan fingerprint density at radius 1 is 1.00 bits per heavy atom. The lowest BCUT2D eigenvalue weighted by Crippen LogP contribution is -2.24. The summed E-state index contributed by atoms with van der Waals surface area (Å²) >= 11 is 0.958. The fourth-order valence-electron chi connectivity index (χ4n) is 2.63. The van der Waals surface area contributed by atoms with Gasteiger partial charge in [-0.2, -0.15) is 13.2 Å². The van der Waals surface area contributed by atoms with Gasteiger partial charge in [-0.25, -0.2) is 4.98 Å². The third-order valence-corrected chi connectivity index (χ3v) is 5.09. The molecule has 3 rings (SSSR count). The van der Waals surface area contributed by atoms with Crippen LogP contribution in [0.4, 0.5) is 18.3 Å². The summed E-state index contributed by atoms with van der Waals surface area (Å²) in [5, 5.41) is 5.34. The summed E-state index contributed by atoms with van der Waals surface area (Å²) in [6.07, 6.45) is -4.50. The summed E-state index contributed by atoms with van der Waals surface area (Å²) in [7, 11) is 0. The molecule has 0 aliphatic carbocycles. The Balaban J connectivity index is 1.69. The van der Waals surface area contributed by atoms with E-state index in [4.69, 9.17) is 0 Å². The second kappa shape index (κ2) is 8.44. The molecule has 0 atom stereocenters. The van der Waals surface area contributed by atoms with Crippen molar-refractivity contribution in [2.24, 2.45) is 0 Å². The number of carbonyl (C=O) groups excluding carboxylic acids is 2. The summed E-state index contributed by atoms with van der Waals surface area (Å²) in [5.74, 6) is -0.928. The van der Waals surface area contributed by atoms with E-state index in [1.807, 2.05) is 0 Å². The van der Waals surface area contributed by atoms with Gasteiger partial charge in [-0.15, -0.1) is 0 Å². The summed E-state index contributed by atoms with van der Waals surface area (Å²) in [4.78, 5) is 29.0. The molecule has 29 heavy (non-hydrogen) atoms. The lowest BCUT2D eigenvalue weighted by molar-refractivity contribution is -0.138. The Hall–Kier alpha value is -3.20. The third kappa shape index (κ3) is 5.00. The fourth-order valence-corrected chi connectivity index (χ4v) is 3.50. The topological polar surface area (TPSA) is 71.1 Å². The van der Waals surface area contributed by atoms with E-state index in [2.05, 4.69) is 15.6 Å². The molecule has 2 N–H and O–H groups in total. The number of hydrogen-bond donors (Lipinski definition) is 2. The van der Waals surface area contributed by atoms with E-state index >= 15 is 0 Å². The van der Waals surface area contributed by atoms with Crippen LogP contribution in [0.2, 0.25) is 0 Å². The van der Waals surface area contributed by atoms with Crippen molar-refractivity contribution in [1.82, 2.24) is 10.3 Å². The Morgan fingerprint density at radius 2 is 1.66 bits per heavy atom. The molecule has 0 saturated carbocycles. The van der Waals surface area contributed by atoms with E-state index in [0.29, 0.717) is 11.3 Å². The largest absolute Gasteiger partial charge is 0.416 e. The highest BCUT2D eigenvalue weighted by Gasteiger charge is 2.33. The number of alkyl halides is 3. The second-order valence-corrected chi connectivity index (χ2v) is 7.09. The molecule has 2 amide bonds. The molecule has 9 heteroatoms. The number of carbonyl (C=O) groups is 2. The molecule has 0 unspecified atom stereocenters. The zero-order valence-corrected chi connectivity index (χ0v) is 16.0. The standard InChI is InChI=1S/C20H16F3N3O2S/c1-12-16(29-19(25-12)26-17(27)13-7-3-2-4-8-13)18(28)24-11-14-9-5-6-10-15(14)20(21,22)23/h2-10H,11H2,1H3,(H,24,28)(H,25,26,27). The summed E-state index contributed by atoms with van der Waals surface area (Å²) in [5.41, 5.74) is -0.0136. The molecular formula is C20H16F3N3O2S. The first-order valence-corrected chi connectivity index (χ1v) is 9.34. The first kappa shape index (κ1) is 20.5. The molecule has 0 spiro atoms. The van der Waals surface area contributed by atoms with Crippen LogP contribution in [-0.2, 0) is 12.7 Å². The smallest absolute Gasteiger partial charge is 0.347 e. The van der Waals surface area contributed by atoms with Crippen molar-refractivity contribution in [3.05, 3.63) is 81.9 Å². The highest BCUT2D eigenvalue weighted by Crippen LogP contribution is 2.32. The van der Waals surface area contributed by atoms with Crippen LogP contribution in [-0.4, -0.2) is 16.8 Å². The number of nitrogens with one attached hydrogen (secondary N) is 2. The number of hydrogen-bond acceptors (Lipinski definition) is 4. The molecule has 150 valence electrons. The second-order valence-electron chi connectivity index (χ2n) is 6.09. The number of anilines is 1. The Bertz CT molecular complexity index is 1030. The maximum Gasteiger partial charge on any atom is 0.416 e. The van der Waals surface area contributed by atoms with Crippen LogP contribution in [0.15, 0.2) is 54.6 Å². The van der Waals surface area contributed by atoms with Gasteiger partial charge in [0.25, 0.3) is 11.8 Å². The zero-order valence-electron chi connectivity index (χ0n) is 15.2. The van der Waals surface area contributed by atoms with Crippen molar-refractivity contribution >= 4 is 28.3 Å². The van der Waals surface area contributed by atoms with Crippen molar-refractivity contribution in [2.45, 2.75) is 19.6 Å². The van der Waals surface area contributed by atoms with Crippen LogP contribution < -0.4 is 10.6 Å². The van der Waals surface area contributed by atoms with Gasteiger partial charge in [-0.1, -0.05) is 47.7 Å². The number of nitrogens with zero attached hydrogens (tertiary/aromatic N) is 1. The summed E-state index contributed by atoms with van der Waals surface area (Å²) in [6.45, 7) is 1.31. The number of rotatable bonds is 5. The Morgan fingerprint density at radius 3 is 2.34 bits per heavy atom. The lowest BCUT2D eigenvalue weighted by Gasteiger charge is -2.13. The highest BCUT2D eigenvalue weighted by molar-refractivity contribution is 7.17. The summed E-state index contributed by atoms with van der Waals surface area (Å²) in [6, 6.07) is 13.6. The van der Waals surface area contributed by atoms with Gasteiger partial charge in [0.05, 0.1) is 11.3 Å². The number of thiazole rings is 1. The summed E-state index contributed by atoms with van der Waals surface area (Å²) < 4.78 is 39.2. The normalized spacial score (nSPS) is 11.2. The minimum absolute atomic E-state index is 0.0341. The molecule has 0 radical (unpaired) electrons. The van der Waals surface area contributed by atoms with Crippen LogP contribution >= 0.6 is 11.3 Å². The van der Waals surface area contributed by atoms with E-state index in [0.717, 1.165) is 17.4 Å². The molecule has 3 aromatic rings. The number of halogens is 3. The van der Waals surface area contributed by atoms with E-state index in [9.17, 15) is 22.8 Å². The molecule has 5 nitrogen and oxygen atoms in total. The van der Waals surface area contributed by atoms with E-state index < -0.39 is 17.6 Å². The van der Waals surface area contributed by atoms with Gasteiger partial charge in [0.2, 0.25) is 0 Å². The van der Waals surface area contributed by atoms with Crippen molar-refractivity contribution in [2.75, 3.05) is 5.32 Å². The van der Waals surface area contributed by atoms with Gasteiger partial charge in [-0.05, 0) is 30.7 Å². The number of aryl methyl sites for hydroxylation is 1. The Labute approximate surface area is 168 Å². The molecule has 1 heterocycles. The van der Waals surface area contributed by atoms with Gasteiger partial charge < -0.3 is 5.32 Å². The van der Waals surface area contributed by atoms with Crippen LogP contribution in [0, 0.1) is 6.92 Å². The number of benzene rings is 2. The fraction of sp³-hybridized carbons (Fsp3) is 0.150. The van der Waals surface area contributed by atoms with Gasteiger partial charge in [0, 0.05) is 12.1 Å². The first-order chi connectivity index (χ1) is 13.8. The average Bonchev–Trinajstić information content (AvgIpc) is 3.06. The van der Waals surface area contributed by atoms with Gasteiger partial charge in [0.15, 0.2) is 5.13 Å². The number of amides is 2. The predicted octanol–water partition coefficient (Wildman–Crippen LogP) is 4.65. The quantitative estimate of drug-likeness (QED) is 0.632. The van der Waals surface area contributed by atoms with Crippen molar-refractivity contribution < 1.29 is 22.8 Å². The van der Waals surface area contributed by atoms with Crippen LogP contribution in [0.3, 0.4) is 0 Å². The molecule has 2 aromatic carbocycles. The maximum absolute atomic E-state index is 13.1. The average molecular weight is 419 g/mol. The lowest BCUT2D eigenvalue weighted by atomic mass is 10.1. The SMILES string of the molecule is Cc1nc(NC(=O)c2ccccc2)sc1C(=O)NCc1ccccc1C(F)(F)F. The molecule has 0 fully saturated rings. The van der Waals surface area contributed by atoms with Gasteiger partial charge >= 0.3 is 6.18 Å².